The van der Waals surface area contributed by atoms with Crippen LogP contribution in [0.25, 0.3) is 17.3 Å². The molecule has 0 amide bonds. The van der Waals surface area contributed by atoms with Crippen LogP contribution in [0.4, 0.5) is 0 Å². The van der Waals surface area contributed by atoms with Crippen molar-refractivity contribution in [2.45, 2.75) is 13.5 Å². The van der Waals surface area contributed by atoms with E-state index >= 15 is 0 Å². The highest BCUT2D eigenvalue weighted by atomic mass is 16.5. The van der Waals surface area contributed by atoms with Gasteiger partial charge in [0.1, 0.15) is 12.3 Å². The first-order valence-corrected chi connectivity index (χ1v) is 8.48. The van der Waals surface area contributed by atoms with E-state index in [0.29, 0.717) is 6.54 Å². The minimum atomic E-state index is -0.571. The molecule has 0 spiro atoms. The van der Waals surface area contributed by atoms with Crippen LogP contribution < -0.4 is 0 Å². The molecule has 0 aliphatic heterocycles. The summed E-state index contributed by atoms with van der Waals surface area (Å²) in [7, 11) is 0. The molecule has 6 nitrogen and oxygen atoms in total. The standard InChI is InChI=1S/C21H19N3O3/c1-16(25)15-27-20(26)10-9-19-14-24(13-17-6-3-2-4-7-17)23-21(19)18-8-5-11-22-12-18/h2-12,14H,13,15H2,1H3/b10-9+. The van der Waals surface area contributed by atoms with Gasteiger partial charge in [0.2, 0.25) is 0 Å². The summed E-state index contributed by atoms with van der Waals surface area (Å²) in [4.78, 5) is 26.8. The minimum absolute atomic E-state index is 0.205. The summed E-state index contributed by atoms with van der Waals surface area (Å²) in [6.07, 6.45) is 8.22. The van der Waals surface area contributed by atoms with Gasteiger partial charge in [-0.1, -0.05) is 30.3 Å². The summed E-state index contributed by atoms with van der Waals surface area (Å²) < 4.78 is 6.68. The highest BCUT2D eigenvalue weighted by Crippen LogP contribution is 2.23. The zero-order valence-electron chi connectivity index (χ0n) is 14.9. The molecule has 2 aromatic heterocycles. The predicted molar refractivity (Wildman–Crippen MR) is 102 cm³/mol. The van der Waals surface area contributed by atoms with Crippen LogP contribution in [0.1, 0.15) is 18.1 Å². The second-order valence-corrected chi connectivity index (χ2v) is 6.00. The Labute approximate surface area is 157 Å². The van der Waals surface area contributed by atoms with Gasteiger partial charge in [0.15, 0.2) is 5.78 Å². The van der Waals surface area contributed by atoms with Crippen molar-refractivity contribution in [3.05, 3.63) is 78.3 Å². The Morgan fingerprint density at radius 1 is 1.15 bits per heavy atom. The fraction of sp³-hybridized carbons (Fsp3) is 0.143. The second kappa shape index (κ2) is 8.71. The van der Waals surface area contributed by atoms with E-state index in [1.807, 2.05) is 53.3 Å². The number of pyridine rings is 1. The third kappa shape index (κ3) is 5.22. The number of aromatic nitrogens is 3. The average Bonchev–Trinajstić information content (AvgIpc) is 3.09. The van der Waals surface area contributed by atoms with Crippen LogP contribution in [0.2, 0.25) is 0 Å². The number of carbonyl (C=O) groups excluding carboxylic acids is 2. The highest BCUT2D eigenvalue weighted by molar-refractivity contribution is 5.90. The lowest BCUT2D eigenvalue weighted by Crippen LogP contribution is -2.08. The van der Waals surface area contributed by atoms with Crippen molar-refractivity contribution in [2.75, 3.05) is 6.61 Å². The Morgan fingerprint density at radius 3 is 2.67 bits per heavy atom. The number of esters is 1. The van der Waals surface area contributed by atoms with E-state index in [2.05, 4.69) is 10.1 Å². The van der Waals surface area contributed by atoms with Crippen molar-refractivity contribution < 1.29 is 14.3 Å². The topological polar surface area (TPSA) is 74.1 Å². The lowest BCUT2D eigenvalue weighted by Gasteiger charge is -2.01. The van der Waals surface area contributed by atoms with Crippen molar-refractivity contribution in [3.8, 4) is 11.3 Å². The number of ketones is 1. The number of nitrogens with zero attached hydrogens (tertiary/aromatic N) is 3. The number of Topliss-reactive ketones (excluding diaryl/α,β-unsaturated/α-hetero) is 1. The Bertz CT molecular complexity index is 947. The SMILES string of the molecule is CC(=O)COC(=O)/C=C/c1cn(Cc2ccccc2)nc1-c1cccnc1. The molecule has 27 heavy (non-hydrogen) atoms. The molecule has 0 saturated heterocycles. The molecule has 0 aliphatic carbocycles. The maximum absolute atomic E-state index is 11.8. The number of ether oxygens (including phenoxy) is 1. The summed E-state index contributed by atoms with van der Waals surface area (Å²) in [6.45, 7) is 1.74. The van der Waals surface area contributed by atoms with Gasteiger partial charge in [-0.2, -0.15) is 5.10 Å². The summed E-state index contributed by atoms with van der Waals surface area (Å²) >= 11 is 0. The Morgan fingerprint density at radius 2 is 1.96 bits per heavy atom. The van der Waals surface area contributed by atoms with E-state index < -0.39 is 5.97 Å². The number of hydrogen-bond donors (Lipinski definition) is 0. The summed E-state index contributed by atoms with van der Waals surface area (Å²) in [5.74, 6) is -0.776. The van der Waals surface area contributed by atoms with E-state index in [0.717, 1.165) is 22.4 Å². The summed E-state index contributed by atoms with van der Waals surface area (Å²) in [6, 6.07) is 13.7. The van der Waals surface area contributed by atoms with Crippen LogP contribution in [0.5, 0.6) is 0 Å². The van der Waals surface area contributed by atoms with Gasteiger partial charge in [-0.15, -0.1) is 0 Å². The van der Waals surface area contributed by atoms with Crippen molar-refractivity contribution in [2.24, 2.45) is 0 Å². The third-order valence-corrected chi connectivity index (χ3v) is 3.73. The molecule has 1 aromatic carbocycles. The number of benzene rings is 1. The maximum Gasteiger partial charge on any atom is 0.331 e. The molecule has 0 radical (unpaired) electrons. The van der Waals surface area contributed by atoms with Gasteiger partial charge >= 0.3 is 5.97 Å². The molecule has 0 unspecified atom stereocenters. The summed E-state index contributed by atoms with van der Waals surface area (Å²) in [5, 5.41) is 4.65. The Hall–Kier alpha value is -3.54. The molecule has 0 N–H and O–H groups in total. The molecular weight excluding hydrogens is 342 g/mol. The first-order valence-electron chi connectivity index (χ1n) is 8.48. The molecule has 2 heterocycles. The molecule has 0 aliphatic rings. The molecule has 0 fully saturated rings. The van der Waals surface area contributed by atoms with Gasteiger partial charge in [0, 0.05) is 35.8 Å². The molecule has 0 saturated carbocycles. The van der Waals surface area contributed by atoms with Crippen molar-refractivity contribution >= 4 is 17.8 Å². The zero-order valence-corrected chi connectivity index (χ0v) is 14.9. The second-order valence-electron chi connectivity index (χ2n) is 6.00. The van der Waals surface area contributed by atoms with E-state index in [9.17, 15) is 9.59 Å². The van der Waals surface area contributed by atoms with Crippen LogP contribution in [0, 0.1) is 0 Å². The predicted octanol–water partition coefficient (Wildman–Crippen LogP) is 3.14. The highest BCUT2D eigenvalue weighted by Gasteiger charge is 2.10. The Kier molecular flexibility index (Phi) is 5.89. The van der Waals surface area contributed by atoms with Crippen LogP contribution in [0.3, 0.4) is 0 Å². The molecule has 6 heteroatoms. The van der Waals surface area contributed by atoms with Crippen molar-refractivity contribution in [1.29, 1.82) is 0 Å². The van der Waals surface area contributed by atoms with Gasteiger partial charge < -0.3 is 4.74 Å². The van der Waals surface area contributed by atoms with Crippen molar-refractivity contribution in [1.82, 2.24) is 14.8 Å². The van der Waals surface area contributed by atoms with Crippen LogP contribution in [-0.4, -0.2) is 33.1 Å². The van der Waals surface area contributed by atoms with E-state index in [4.69, 9.17) is 4.74 Å². The maximum atomic E-state index is 11.8. The largest absolute Gasteiger partial charge is 0.455 e. The van der Waals surface area contributed by atoms with Crippen molar-refractivity contribution in [3.63, 3.8) is 0 Å². The molecule has 0 bridgehead atoms. The quantitative estimate of drug-likeness (QED) is 0.477. The minimum Gasteiger partial charge on any atom is -0.455 e. The van der Waals surface area contributed by atoms with E-state index in [1.165, 1.54) is 13.0 Å². The lowest BCUT2D eigenvalue weighted by molar-refractivity contribution is -0.142. The van der Waals surface area contributed by atoms with E-state index in [-0.39, 0.29) is 12.4 Å². The monoisotopic (exact) mass is 361 g/mol. The van der Waals surface area contributed by atoms with Crippen LogP contribution in [-0.2, 0) is 20.9 Å². The van der Waals surface area contributed by atoms with Crippen LogP contribution >= 0.6 is 0 Å². The molecule has 0 atom stereocenters. The third-order valence-electron chi connectivity index (χ3n) is 3.73. The van der Waals surface area contributed by atoms with Gasteiger partial charge in [-0.25, -0.2) is 4.79 Å². The number of rotatable bonds is 7. The average molecular weight is 361 g/mol. The zero-order chi connectivity index (χ0) is 19.1. The molecular formula is C21H19N3O3. The fourth-order valence-corrected chi connectivity index (χ4v) is 2.52. The smallest absolute Gasteiger partial charge is 0.331 e. The molecule has 3 aromatic rings. The number of carbonyl (C=O) groups is 2. The molecule has 3 rings (SSSR count). The van der Waals surface area contributed by atoms with Gasteiger partial charge in [-0.3, -0.25) is 14.5 Å². The van der Waals surface area contributed by atoms with E-state index in [1.54, 1.807) is 18.5 Å². The lowest BCUT2D eigenvalue weighted by atomic mass is 10.1. The Balaban J connectivity index is 1.86. The normalized spacial score (nSPS) is 10.9. The van der Waals surface area contributed by atoms with Gasteiger partial charge in [0.05, 0.1) is 6.54 Å². The number of hydrogen-bond acceptors (Lipinski definition) is 5. The molecule has 136 valence electrons. The fourth-order valence-electron chi connectivity index (χ4n) is 2.52. The van der Waals surface area contributed by atoms with Crippen LogP contribution in [0.15, 0.2) is 67.1 Å². The van der Waals surface area contributed by atoms with Gasteiger partial charge in [-0.05, 0) is 30.7 Å². The first-order chi connectivity index (χ1) is 13.1. The van der Waals surface area contributed by atoms with Gasteiger partial charge in [0.25, 0.3) is 0 Å². The summed E-state index contributed by atoms with van der Waals surface area (Å²) in [5.41, 5.74) is 3.45. The first kappa shape index (κ1) is 18.3.